The maximum Gasteiger partial charge on any atom is 0.00672 e. The van der Waals surface area contributed by atoms with Crippen LogP contribution in [0.4, 0.5) is 0 Å². The lowest BCUT2D eigenvalue weighted by molar-refractivity contribution is 0.277. The van der Waals surface area contributed by atoms with Gasteiger partial charge in [-0.05, 0) is 50.5 Å². The van der Waals surface area contributed by atoms with E-state index in [1.165, 1.54) is 77.2 Å². The lowest BCUT2D eigenvalue weighted by Crippen LogP contribution is -2.33. The van der Waals surface area contributed by atoms with Crippen LogP contribution in [0, 0.1) is 11.8 Å². The standard InChI is InChI=1S/C18H37N/c1-4-9-17-11-13-18(14-12-17)19-15-8-6-5-7-10-16(2)3/h16-19H,4-15H2,1-3H3. The van der Waals surface area contributed by atoms with Crippen LogP contribution in [0.25, 0.3) is 0 Å². The highest BCUT2D eigenvalue weighted by atomic mass is 14.9. The molecule has 0 heterocycles. The molecule has 0 bridgehead atoms. The van der Waals surface area contributed by atoms with Crippen LogP contribution < -0.4 is 5.32 Å². The summed E-state index contributed by atoms with van der Waals surface area (Å²) in [5.74, 6) is 1.93. The molecular formula is C18H37N. The lowest BCUT2D eigenvalue weighted by Gasteiger charge is -2.29. The third kappa shape index (κ3) is 8.68. The first kappa shape index (κ1) is 17.0. The van der Waals surface area contributed by atoms with Crippen molar-refractivity contribution >= 4 is 0 Å². The number of nitrogens with one attached hydrogen (secondary N) is 1. The van der Waals surface area contributed by atoms with Gasteiger partial charge in [0.25, 0.3) is 0 Å². The third-order valence-electron chi connectivity index (χ3n) is 4.68. The summed E-state index contributed by atoms with van der Waals surface area (Å²) in [6.07, 6.45) is 15.7. The van der Waals surface area contributed by atoms with Gasteiger partial charge < -0.3 is 5.32 Å². The molecule has 1 fully saturated rings. The first-order chi connectivity index (χ1) is 9.22. The molecule has 0 aromatic heterocycles. The average Bonchev–Trinajstić information content (AvgIpc) is 2.39. The van der Waals surface area contributed by atoms with Gasteiger partial charge in [0.1, 0.15) is 0 Å². The normalized spacial score (nSPS) is 24.0. The van der Waals surface area contributed by atoms with Crippen molar-refractivity contribution in [3.05, 3.63) is 0 Å². The quantitative estimate of drug-likeness (QED) is 0.512. The monoisotopic (exact) mass is 267 g/mol. The Balaban J connectivity index is 1.88. The third-order valence-corrected chi connectivity index (χ3v) is 4.68. The van der Waals surface area contributed by atoms with E-state index in [9.17, 15) is 0 Å². The summed E-state index contributed by atoms with van der Waals surface area (Å²) in [6.45, 7) is 8.24. The zero-order chi connectivity index (χ0) is 13.9. The van der Waals surface area contributed by atoms with Gasteiger partial charge in [0.2, 0.25) is 0 Å². The van der Waals surface area contributed by atoms with Crippen LogP contribution in [0.2, 0.25) is 0 Å². The van der Waals surface area contributed by atoms with Crippen molar-refractivity contribution in [2.75, 3.05) is 6.54 Å². The Morgan fingerprint density at radius 1 is 0.947 bits per heavy atom. The summed E-state index contributed by atoms with van der Waals surface area (Å²) in [5.41, 5.74) is 0. The molecule has 114 valence electrons. The Hall–Kier alpha value is -0.0400. The molecule has 0 amide bonds. The van der Waals surface area contributed by atoms with Gasteiger partial charge >= 0.3 is 0 Å². The molecule has 0 aromatic carbocycles. The van der Waals surface area contributed by atoms with Crippen LogP contribution in [-0.2, 0) is 0 Å². The predicted molar refractivity (Wildman–Crippen MR) is 86.6 cm³/mol. The highest BCUT2D eigenvalue weighted by molar-refractivity contribution is 4.76. The molecule has 0 saturated heterocycles. The second-order valence-electron chi connectivity index (χ2n) is 7.06. The van der Waals surface area contributed by atoms with Crippen LogP contribution >= 0.6 is 0 Å². The largest absolute Gasteiger partial charge is 0.314 e. The molecule has 1 aliphatic rings. The van der Waals surface area contributed by atoms with Gasteiger partial charge in [-0.25, -0.2) is 0 Å². The van der Waals surface area contributed by atoms with Crippen LogP contribution in [0.5, 0.6) is 0 Å². The van der Waals surface area contributed by atoms with Crippen LogP contribution in [-0.4, -0.2) is 12.6 Å². The van der Waals surface area contributed by atoms with Gasteiger partial charge in [0, 0.05) is 6.04 Å². The van der Waals surface area contributed by atoms with Crippen molar-refractivity contribution in [2.45, 2.75) is 97.4 Å². The zero-order valence-electron chi connectivity index (χ0n) is 13.7. The highest BCUT2D eigenvalue weighted by Crippen LogP contribution is 2.27. The van der Waals surface area contributed by atoms with Gasteiger partial charge in [-0.1, -0.05) is 59.3 Å². The second kappa shape index (κ2) is 10.7. The van der Waals surface area contributed by atoms with E-state index >= 15 is 0 Å². The van der Waals surface area contributed by atoms with E-state index in [1.807, 2.05) is 0 Å². The summed E-state index contributed by atoms with van der Waals surface area (Å²) in [4.78, 5) is 0. The van der Waals surface area contributed by atoms with Crippen molar-refractivity contribution in [2.24, 2.45) is 11.8 Å². The molecule has 0 unspecified atom stereocenters. The van der Waals surface area contributed by atoms with Crippen molar-refractivity contribution in [1.82, 2.24) is 5.32 Å². The van der Waals surface area contributed by atoms with E-state index in [-0.39, 0.29) is 0 Å². The molecule has 1 N–H and O–H groups in total. The summed E-state index contributed by atoms with van der Waals surface area (Å²) in [5, 5.41) is 3.78. The zero-order valence-corrected chi connectivity index (χ0v) is 13.7. The SMILES string of the molecule is CCCC1CCC(NCCCCCCC(C)C)CC1. The van der Waals surface area contributed by atoms with Crippen LogP contribution in [0.15, 0.2) is 0 Å². The van der Waals surface area contributed by atoms with Gasteiger partial charge in [-0.2, -0.15) is 0 Å². The molecule has 1 aliphatic carbocycles. The molecule has 1 nitrogen and oxygen atoms in total. The first-order valence-electron chi connectivity index (χ1n) is 8.95. The smallest absolute Gasteiger partial charge is 0.00672 e. The maximum atomic E-state index is 3.78. The minimum absolute atomic E-state index is 0.837. The lowest BCUT2D eigenvalue weighted by atomic mass is 9.83. The molecule has 0 aliphatic heterocycles. The topological polar surface area (TPSA) is 12.0 Å². The Morgan fingerprint density at radius 3 is 2.26 bits per heavy atom. The van der Waals surface area contributed by atoms with Crippen molar-refractivity contribution in [1.29, 1.82) is 0 Å². The molecule has 19 heavy (non-hydrogen) atoms. The fraction of sp³-hybridized carbons (Fsp3) is 1.00. The molecule has 0 radical (unpaired) electrons. The molecular weight excluding hydrogens is 230 g/mol. The average molecular weight is 268 g/mol. The number of rotatable bonds is 10. The molecule has 0 atom stereocenters. The Morgan fingerprint density at radius 2 is 1.63 bits per heavy atom. The van der Waals surface area contributed by atoms with E-state index in [4.69, 9.17) is 0 Å². The Labute approximate surface area is 121 Å². The number of hydrogen-bond acceptors (Lipinski definition) is 1. The van der Waals surface area contributed by atoms with E-state index in [0.29, 0.717) is 0 Å². The number of unbranched alkanes of at least 4 members (excludes halogenated alkanes) is 3. The Bertz CT molecular complexity index is 192. The van der Waals surface area contributed by atoms with E-state index in [1.54, 1.807) is 0 Å². The summed E-state index contributed by atoms with van der Waals surface area (Å²) < 4.78 is 0. The van der Waals surface area contributed by atoms with Gasteiger partial charge in [-0.15, -0.1) is 0 Å². The Kier molecular flexibility index (Phi) is 9.59. The van der Waals surface area contributed by atoms with Crippen molar-refractivity contribution in [3.8, 4) is 0 Å². The van der Waals surface area contributed by atoms with E-state index in [0.717, 1.165) is 17.9 Å². The predicted octanol–water partition coefficient (Wildman–Crippen LogP) is 5.54. The molecule has 1 rings (SSSR count). The van der Waals surface area contributed by atoms with Gasteiger partial charge in [-0.3, -0.25) is 0 Å². The molecule has 0 spiro atoms. The van der Waals surface area contributed by atoms with E-state index in [2.05, 4.69) is 26.1 Å². The summed E-state index contributed by atoms with van der Waals surface area (Å²) >= 11 is 0. The van der Waals surface area contributed by atoms with Crippen molar-refractivity contribution in [3.63, 3.8) is 0 Å². The molecule has 0 aromatic rings. The fourth-order valence-electron chi connectivity index (χ4n) is 3.40. The second-order valence-corrected chi connectivity index (χ2v) is 7.06. The number of hydrogen-bond donors (Lipinski definition) is 1. The first-order valence-corrected chi connectivity index (χ1v) is 8.95. The molecule has 1 saturated carbocycles. The fourth-order valence-corrected chi connectivity index (χ4v) is 3.40. The van der Waals surface area contributed by atoms with E-state index < -0.39 is 0 Å². The summed E-state index contributed by atoms with van der Waals surface area (Å²) in [6, 6.07) is 0.837. The minimum Gasteiger partial charge on any atom is -0.314 e. The van der Waals surface area contributed by atoms with Crippen LogP contribution in [0.1, 0.15) is 91.4 Å². The maximum absolute atomic E-state index is 3.78. The van der Waals surface area contributed by atoms with Gasteiger partial charge in [0.15, 0.2) is 0 Å². The summed E-state index contributed by atoms with van der Waals surface area (Å²) in [7, 11) is 0. The minimum atomic E-state index is 0.837. The van der Waals surface area contributed by atoms with Gasteiger partial charge in [0.05, 0.1) is 0 Å². The van der Waals surface area contributed by atoms with Crippen molar-refractivity contribution < 1.29 is 0 Å². The molecule has 1 heteroatoms. The highest BCUT2D eigenvalue weighted by Gasteiger charge is 2.19. The van der Waals surface area contributed by atoms with Crippen LogP contribution in [0.3, 0.4) is 0 Å².